The van der Waals surface area contributed by atoms with Crippen molar-refractivity contribution in [3.63, 3.8) is 0 Å². The van der Waals surface area contributed by atoms with Crippen molar-refractivity contribution >= 4 is 5.69 Å². The molecule has 2 N–H and O–H groups in total. The molecule has 1 aromatic carbocycles. The molecule has 0 atom stereocenters. The third-order valence-corrected chi connectivity index (χ3v) is 3.19. The van der Waals surface area contributed by atoms with Crippen LogP contribution < -0.4 is 10.5 Å². The quantitative estimate of drug-likeness (QED) is 0.819. The first-order valence-electron chi connectivity index (χ1n) is 6.82. The number of hydrogen-bond donors (Lipinski definition) is 1. The van der Waals surface area contributed by atoms with E-state index in [0.717, 1.165) is 24.9 Å². The van der Waals surface area contributed by atoms with E-state index >= 15 is 0 Å². The lowest BCUT2D eigenvalue weighted by Gasteiger charge is -2.11. The van der Waals surface area contributed by atoms with Crippen LogP contribution >= 0.6 is 0 Å². The number of ether oxygens (including phenoxy) is 1. The summed E-state index contributed by atoms with van der Waals surface area (Å²) in [5.74, 6) is 2.01. The molecule has 0 saturated heterocycles. The Morgan fingerprint density at radius 3 is 2.85 bits per heavy atom. The van der Waals surface area contributed by atoms with Gasteiger partial charge in [0.25, 0.3) is 0 Å². The SMILES string of the molecule is COc1cccc(N)c1-c1nnnn1CCCC(C)C. The standard InChI is InChI=1S/C14H21N5O/c1-10(2)6-5-9-19-14(16-17-18-19)13-11(15)7-4-8-12(13)20-3/h4,7-8,10H,5-6,9,15H2,1-3H3. The maximum atomic E-state index is 6.05. The van der Waals surface area contributed by atoms with Crippen LogP contribution in [0.4, 0.5) is 5.69 Å². The van der Waals surface area contributed by atoms with Gasteiger partial charge in [0.15, 0.2) is 5.82 Å². The molecule has 108 valence electrons. The lowest BCUT2D eigenvalue weighted by atomic mass is 10.1. The van der Waals surface area contributed by atoms with Gasteiger partial charge in [-0.3, -0.25) is 0 Å². The summed E-state index contributed by atoms with van der Waals surface area (Å²) in [5, 5.41) is 11.9. The Morgan fingerprint density at radius 1 is 1.35 bits per heavy atom. The van der Waals surface area contributed by atoms with Gasteiger partial charge in [-0.05, 0) is 41.3 Å². The molecule has 6 nitrogen and oxygen atoms in total. The van der Waals surface area contributed by atoms with Crippen LogP contribution in [-0.2, 0) is 6.54 Å². The van der Waals surface area contributed by atoms with Gasteiger partial charge in [-0.25, -0.2) is 4.68 Å². The molecule has 0 radical (unpaired) electrons. The van der Waals surface area contributed by atoms with Crippen LogP contribution in [0.3, 0.4) is 0 Å². The maximum Gasteiger partial charge on any atom is 0.187 e. The third kappa shape index (κ3) is 3.07. The van der Waals surface area contributed by atoms with Gasteiger partial charge in [0.05, 0.1) is 12.7 Å². The highest BCUT2D eigenvalue weighted by atomic mass is 16.5. The van der Waals surface area contributed by atoms with Gasteiger partial charge in [-0.15, -0.1) is 5.10 Å². The minimum Gasteiger partial charge on any atom is -0.496 e. The maximum absolute atomic E-state index is 6.05. The molecule has 0 saturated carbocycles. The van der Waals surface area contributed by atoms with Crippen molar-refractivity contribution < 1.29 is 4.74 Å². The predicted octanol–water partition coefficient (Wildman–Crippen LogP) is 2.37. The summed E-state index contributed by atoms with van der Waals surface area (Å²) in [7, 11) is 1.62. The molecule has 0 spiro atoms. The second kappa shape index (κ2) is 6.36. The first kappa shape index (κ1) is 14.3. The second-order valence-corrected chi connectivity index (χ2v) is 5.19. The Hall–Kier alpha value is -2.11. The average molecular weight is 275 g/mol. The van der Waals surface area contributed by atoms with Crippen molar-refractivity contribution in [2.24, 2.45) is 5.92 Å². The van der Waals surface area contributed by atoms with Crippen molar-refractivity contribution in [1.82, 2.24) is 20.2 Å². The summed E-state index contributed by atoms with van der Waals surface area (Å²) < 4.78 is 7.15. The normalized spacial score (nSPS) is 11.0. The van der Waals surface area contributed by atoms with Crippen molar-refractivity contribution in [1.29, 1.82) is 0 Å². The number of anilines is 1. The van der Waals surface area contributed by atoms with Crippen molar-refractivity contribution in [2.45, 2.75) is 33.2 Å². The summed E-state index contributed by atoms with van der Waals surface area (Å²) in [5.41, 5.74) is 7.41. The minimum absolute atomic E-state index is 0.615. The summed E-state index contributed by atoms with van der Waals surface area (Å²) in [6, 6.07) is 5.54. The van der Waals surface area contributed by atoms with Crippen molar-refractivity contribution in [2.75, 3.05) is 12.8 Å². The summed E-state index contributed by atoms with van der Waals surface area (Å²) in [6.07, 6.45) is 2.17. The first-order valence-corrected chi connectivity index (χ1v) is 6.82. The van der Waals surface area contributed by atoms with Gasteiger partial charge < -0.3 is 10.5 Å². The van der Waals surface area contributed by atoms with E-state index in [9.17, 15) is 0 Å². The van der Waals surface area contributed by atoms with Gasteiger partial charge >= 0.3 is 0 Å². The van der Waals surface area contributed by atoms with E-state index in [0.29, 0.717) is 23.2 Å². The van der Waals surface area contributed by atoms with Gasteiger partial charge in [-0.2, -0.15) is 0 Å². The molecule has 2 aromatic rings. The molecular formula is C14H21N5O. The summed E-state index contributed by atoms with van der Waals surface area (Å²) in [6.45, 7) is 5.19. The fourth-order valence-electron chi connectivity index (χ4n) is 2.14. The molecule has 20 heavy (non-hydrogen) atoms. The van der Waals surface area contributed by atoms with E-state index in [-0.39, 0.29) is 0 Å². The van der Waals surface area contributed by atoms with E-state index in [2.05, 4.69) is 29.4 Å². The number of nitrogens with two attached hydrogens (primary N) is 1. The minimum atomic E-state index is 0.615. The second-order valence-electron chi connectivity index (χ2n) is 5.19. The number of nitrogen functional groups attached to an aromatic ring is 1. The fraction of sp³-hybridized carbons (Fsp3) is 0.500. The largest absolute Gasteiger partial charge is 0.496 e. The van der Waals surface area contributed by atoms with Crippen LogP contribution in [0.1, 0.15) is 26.7 Å². The van der Waals surface area contributed by atoms with Gasteiger partial charge in [0.1, 0.15) is 5.75 Å². The molecule has 0 bridgehead atoms. The van der Waals surface area contributed by atoms with E-state index in [1.165, 1.54) is 0 Å². The fourth-order valence-corrected chi connectivity index (χ4v) is 2.14. The molecular weight excluding hydrogens is 254 g/mol. The van der Waals surface area contributed by atoms with Crippen LogP contribution in [0.5, 0.6) is 5.75 Å². The third-order valence-electron chi connectivity index (χ3n) is 3.19. The summed E-state index contributed by atoms with van der Waals surface area (Å²) in [4.78, 5) is 0. The molecule has 1 aromatic heterocycles. The lowest BCUT2D eigenvalue weighted by Crippen LogP contribution is -2.06. The van der Waals surface area contributed by atoms with Crippen molar-refractivity contribution in [3.05, 3.63) is 18.2 Å². The first-order chi connectivity index (χ1) is 9.63. The number of tetrazole rings is 1. The smallest absolute Gasteiger partial charge is 0.187 e. The monoisotopic (exact) mass is 275 g/mol. The number of aryl methyl sites for hydroxylation is 1. The van der Waals surface area contributed by atoms with Crippen LogP contribution in [0.15, 0.2) is 18.2 Å². The zero-order valence-electron chi connectivity index (χ0n) is 12.2. The van der Waals surface area contributed by atoms with E-state index in [1.54, 1.807) is 11.8 Å². The van der Waals surface area contributed by atoms with Crippen LogP contribution in [0, 0.1) is 5.92 Å². The number of methoxy groups -OCH3 is 1. The Bertz CT molecular complexity index is 564. The molecule has 0 fully saturated rings. The Kier molecular flexibility index (Phi) is 4.55. The van der Waals surface area contributed by atoms with E-state index in [1.807, 2.05) is 18.2 Å². The number of nitrogens with zero attached hydrogens (tertiary/aromatic N) is 4. The molecule has 6 heteroatoms. The highest BCUT2D eigenvalue weighted by molar-refractivity contribution is 5.77. The van der Waals surface area contributed by atoms with Gasteiger partial charge in [0.2, 0.25) is 0 Å². The van der Waals surface area contributed by atoms with Crippen LogP contribution in [0.2, 0.25) is 0 Å². The Balaban J connectivity index is 2.28. The highest BCUT2D eigenvalue weighted by Crippen LogP contribution is 2.33. The predicted molar refractivity (Wildman–Crippen MR) is 78.3 cm³/mol. The highest BCUT2D eigenvalue weighted by Gasteiger charge is 2.16. The van der Waals surface area contributed by atoms with Crippen molar-refractivity contribution in [3.8, 4) is 17.1 Å². The number of aromatic nitrogens is 4. The zero-order chi connectivity index (χ0) is 14.5. The lowest BCUT2D eigenvalue weighted by molar-refractivity contribution is 0.415. The number of rotatable bonds is 6. The van der Waals surface area contributed by atoms with Gasteiger partial charge in [0, 0.05) is 12.2 Å². The zero-order valence-corrected chi connectivity index (χ0v) is 12.2. The molecule has 0 unspecified atom stereocenters. The Labute approximate surface area is 118 Å². The van der Waals surface area contributed by atoms with E-state index in [4.69, 9.17) is 10.5 Å². The topological polar surface area (TPSA) is 78.8 Å². The molecule has 0 aliphatic heterocycles. The van der Waals surface area contributed by atoms with E-state index < -0.39 is 0 Å². The molecule has 2 rings (SSSR count). The molecule has 0 amide bonds. The molecule has 0 aliphatic rings. The molecule has 0 aliphatic carbocycles. The average Bonchev–Trinajstić information content (AvgIpc) is 2.86. The van der Waals surface area contributed by atoms with Crippen LogP contribution in [-0.4, -0.2) is 27.3 Å². The number of hydrogen-bond acceptors (Lipinski definition) is 5. The molecule has 1 heterocycles. The van der Waals surface area contributed by atoms with Gasteiger partial charge in [-0.1, -0.05) is 19.9 Å². The van der Waals surface area contributed by atoms with Crippen LogP contribution in [0.25, 0.3) is 11.4 Å². The summed E-state index contributed by atoms with van der Waals surface area (Å²) >= 11 is 0. The Morgan fingerprint density at radius 2 is 2.15 bits per heavy atom. The number of benzene rings is 1.